The van der Waals surface area contributed by atoms with E-state index in [9.17, 15) is 0 Å². The van der Waals surface area contributed by atoms with Gasteiger partial charge in [-0.2, -0.15) is 0 Å². The van der Waals surface area contributed by atoms with E-state index in [1.165, 1.54) is 8.45 Å². The summed E-state index contributed by atoms with van der Waals surface area (Å²) in [6.07, 6.45) is 2.12. The zero-order valence-electron chi connectivity index (χ0n) is 4.47. The van der Waals surface area contributed by atoms with Gasteiger partial charge in [0.25, 0.3) is 0 Å². The Bertz CT molecular complexity index is 215. The zero-order valence-corrected chi connectivity index (χ0v) is 9.61. The predicted octanol–water partition coefficient (Wildman–Crippen LogP) is 3.76. The van der Waals surface area contributed by atoms with Crippen molar-refractivity contribution in [3.8, 4) is 0 Å². The van der Waals surface area contributed by atoms with Crippen LogP contribution in [0, 0.1) is 3.57 Å². The second kappa shape index (κ2) is 3.92. The van der Waals surface area contributed by atoms with Crippen molar-refractivity contribution >= 4 is 62.6 Å². The molecule has 0 aliphatic rings. The normalized spacial score (nSPS) is 10.9. The van der Waals surface area contributed by atoms with Crippen molar-refractivity contribution < 1.29 is 0 Å². The van der Waals surface area contributed by atoms with Crippen molar-refractivity contribution in [1.29, 1.82) is 0 Å². The highest BCUT2D eigenvalue weighted by atomic mass is 127. The quantitative estimate of drug-likeness (QED) is 0.668. The molecule has 1 aromatic rings. The second-order valence-corrected chi connectivity index (χ2v) is 4.25. The molecule has 0 amide bonds. The maximum Gasteiger partial charge on any atom is 0.0408 e. The standard InChI is InChI=1S/C6H4I2S/c7-3-1-6-5(8)2-4-9-6/h1-4H/b3-1-. The topological polar surface area (TPSA) is 0 Å². The molecular weight excluding hydrogens is 358 g/mol. The molecule has 0 bridgehead atoms. The highest BCUT2D eigenvalue weighted by molar-refractivity contribution is 14.1. The van der Waals surface area contributed by atoms with Gasteiger partial charge in [-0.25, -0.2) is 0 Å². The number of halogens is 2. The van der Waals surface area contributed by atoms with E-state index < -0.39 is 0 Å². The Morgan fingerprint density at radius 1 is 1.56 bits per heavy atom. The second-order valence-electron chi connectivity index (χ2n) is 1.43. The van der Waals surface area contributed by atoms with Gasteiger partial charge in [0.05, 0.1) is 0 Å². The molecule has 3 heteroatoms. The van der Waals surface area contributed by atoms with Gasteiger partial charge in [-0.05, 0) is 44.2 Å². The first kappa shape index (κ1) is 8.00. The van der Waals surface area contributed by atoms with Crippen LogP contribution in [-0.4, -0.2) is 0 Å². The van der Waals surface area contributed by atoms with Gasteiger partial charge in [-0.3, -0.25) is 0 Å². The molecule has 1 aromatic heterocycles. The van der Waals surface area contributed by atoms with E-state index in [0.29, 0.717) is 0 Å². The molecule has 1 heterocycles. The lowest BCUT2D eigenvalue weighted by Gasteiger charge is -1.82. The minimum atomic E-state index is 1.34. The molecule has 0 fully saturated rings. The van der Waals surface area contributed by atoms with Crippen LogP contribution in [0.5, 0.6) is 0 Å². The van der Waals surface area contributed by atoms with Gasteiger partial charge in [-0.15, -0.1) is 11.3 Å². The average Bonchev–Trinajstić information content (AvgIpc) is 2.18. The van der Waals surface area contributed by atoms with E-state index in [2.05, 4.69) is 62.7 Å². The van der Waals surface area contributed by atoms with Gasteiger partial charge in [0.15, 0.2) is 0 Å². The fourth-order valence-electron chi connectivity index (χ4n) is 0.482. The van der Waals surface area contributed by atoms with E-state index in [1.54, 1.807) is 11.3 Å². The van der Waals surface area contributed by atoms with Gasteiger partial charge in [0.2, 0.25) is 0 Å². The largest absolute Gasteiger partial charge is 0.143 e. The summed E-state index contributed by atoms with van der Waals surface area (Å²) < 4.78 is 3.37. The number of hydrogen-bond donors (Lipinski definition) is 0. The maximum atomic E-state index is 2.33. The first-order valence-electron chi connectivity index (χ1n) is 2.34. The molecular formula is C6H4I2S. The Kier molecular flexibility index (Phi) is 3.49. The molecule has 0 unspecified atom stereocenters. The molecule has 0 radical (unpaired) electrons. The monoisotopic (exact) mass is 362 g/mol. The number of hydrogen-bond acceptors (Lipinski definition) is 1. The van der Waals surface area contributed by atoms with E-state index in [4.69, 9.17) is 0 Å². The van der Waals surface area contributed by atoms with Gasteiger partial charge in [-0.1, -0.05) is 22.6 Å². The van der Waals surface area contributed by atoms with Crippen LogP contribution in [0.4, 0.5) is 0 Å². The molecule has 0 aliphatic carbocycles. The lowest BCUT2D eigenvalue weighted by Crippen LogP contribution is -1.62. The molecule has 0 aromatic carbocycles. The third kappa shape index (κ3) is 2.19. The van der Waals surface area contributed by atoms with Gasteiger partial charge in [0, 0.05) is 8.45 Å². The lowest BCUT2D eigenvalue weighted by atomic mass is 10.5. The van der Waals surface area contributed by atoms with Crippen LogP contribution in [0.15, 0.2) is 15.5 Å². The SMILES string of the molecule is I/C=C\c1sccc1I. The van der Waals surface area contributed by atoms with Crippen LogP contribution in [-0.2, 0) is 0 Å². The Labute approximate surface area is 85.6 Å². The molecule has 0 aliphatic heterocycles. The Morgan fingerprint density at radius 3 is 2.78 bits per heavy atom. The van der Waals surface area contributed by atoms with E-state index in [-0.39, 0.29) is 0 Å². The molecule has 1 rings (SSSR count). The summed E-state index contributed by atoms with van der Waals surface area (Å²) in [6.45, 7) is 0. The molecule has 48 valence electrons. The average molecular weight is 362 g/mol. The van der Waals surface area contributed by atoms with Crippen molar-refractivity contribution in [2.24, 2.45) is 0 Å². The fraction of sp³-hybridized carbons (Fsp3) is 0. The van der Waals surface area contributed by atoms with Gasteiger partial charge in [0.1, 0.15) is 0 Å². The summed E-state index contributed by atoms with van der Waals surface area (Å²) in [5.41, 5.74) is 0. The Balaban J connectivity index is 2.94. The Hall–Kier alpha value is 0.900. The van der Waals surface area contributed by atoms with E-state index >= 15 is 0 Å². The predicted molar refractivity (Wildman–Crippen MR) is 60.1 cm³/mol. The molecule has 0 nitrogen and oxygen atoms in total. The zero-order chi connectivity index (χ0) is 6.69. The van der Waals surface area contributed by atoms with Gasteiger partial charge < -0.3 is 0 Å². The van der Waals surface area contributed by atoms with Crippen molar-refractivity contribution in [3.05, 3.63) is 24.0 Å². The summed E-state index contributed by atoms with van der Waals surface area (Å²) in [7, 11) is 0. The van der Waals surface area contributed by atoms with Crippen LogP contribution in [0.2, 0.25) is 0 Å². The summed E-state index contributed by atoms with van der Waals surface area (Å²) in [4.78, 5) is 1.35. The highest BCUT2D eigenvalue weighted by Gasteiger charge is 1.93. The summed E-state index contributed by atoms with van der Waals surface area (Å²) in [5, 5.41) is 2.10. The van der Waals surface area contributed by atoms with Crippen molar-refractivity contribution in [3.63, 3.8) is 0 Å². The highest BCUT2D eigenvalue weighted by Crippen LogP contribution is 2.20. The van der Waals surface area contributed by atoms with Crippen molar-refractivity contribution in [2.45, 2.75) is 0 Å². The third-order valence-electron chi connectivity index (χ3n) is 0.859. The third-order valence-corrected chi connectivity index (χ3v) is 3.41. The number of thiophene rings is 1. The molecule has 0 atom stereocenters. The van der Waals surface area contributed by atoms with Crippen LogP contribution in [0.1, 0.15) is 4.88 Å². The van der Waals surface area contributed by atoms with Crippen LogP contribution in [0.3, 0.4) is 0 Å². The van der Waals surface area contributed by atoms with Crippen molar-refractivity contribution in [1.82, 2.24) is 0 Å². The van der Waals surface area contributed by atoms with Gasteiger partial charge >= 0.3 is 0 Å². The molecule has 0 saturated heterocycles. The summed E-state index contributed by atoms with van der Waals surface area (Å²) in [6, 6.07) is 2.12. The molecule has 0 saturated carbocycles. The molecule has 0 N–H and O–H groups in total. The molecule has 9 heavy (non-hydrogen) atoms. The maximum absolute atomic E-state index is 2.33. The van der Waals surface area contributed by atoms with E-state index in [0.717, 1.165) is 0 Å². The Morgan fingerprint density at radius 2 is 2.33 bits per heavy atom. The number of rotatable bonds is 1. The minimum absolute atomic E-state index is 1.34. The summed E-state index contributed by atoms with van der Waals surface area (Å²) in [5.74, 6) is 0. The fourth-order valence-corrected chi connectivity index (χ4v) is 2.75. The lowest BCUT2D eigenvalue weighted by molar-refractivity contribution is 1.84. The van der Waals surface area contributed by atoms with Crippen LogP contribution in [0.25, 0.3) is 6.08 Å². The molecule has 0 spiro atoms. The van der Waals surface area contributed by atoms with Crippen LogP contribution < -0.4 is 0 Å². The first-order valence-corrected chi connectivity index (χ1v) is 5.55. The van der Waals surface area contributed by atoms with E-state index in [1.807, 2.05) is 4.08 Å². The van der Waals surface area contributed by atoms with Crippen molar-refractivity contribution in [2.75, 3.05) is 0 Å². The minimum Gasteiger partial charge on any atom is -0.143 e. The smallest absolute Gasteiger partial charge is 0.0408 e. The first-order chi connectivity index (χ1) is 4.34. The summed E-state index contributed by atoms with van der Waals surface area (Å²) >= 11 is 6.34. The van der Waals surface area contributed by atoms with Crippen LogP contribution >= 0.6 is 56.5 Å².